The molecular weight excluding hydrogens is 1060 g/mol. The summed E-state index contributed by atoms with van der Waals surface area (Å²) in [6.45, 7) is 0. The molecule has 0 radical (unpaired) electrons. The normalized spacial score (nSPS) is 11.8. The number of aromatic hydroxyl groups is 29. The number of furan rings is 1. The molecule has 1 aromatic heterocycles. The van der Waals surface area contributed by atoms with E-state index in [9.17, 15) is 148 Å². The summed E-state index contributed by atoms with van der Waals surface area (Å²) < 4.78 is 5.51. The molecule has 0 saturated carbocycles. The molecule has 29 N–H and O–H groups in total. The zero-order chi connectivity index (χ0) is 57.5. The molecule has 10 aromatic rings. The molecule has 78 heavy (non-hydrogen) atoms. The fourth-order valence-corrected chi connectivity index (χ4v) is 9.63. The van der Waals surface area contributed by atoms with E-state index in [1.165, 1.54) is 0 Å². The van der Waals surface area contributed by atoms with E-state index in [0.717, 1.165) is 0 Å². The lowest BCUT2D eigenvalue weighted by Gasteiger charge is -2.26. The van der Waals surface area contributed by atoms with Gasteiger partial charge in [0.05, 0.1) is 38.4 Å². The Morgan fingerprint density at radius 1 is 0.167 bits per heavy atom. The number of rotatable bonds is 4. The van der Waals surface area contributed by atoms with Crippen molar-refractivity contribution in [2.45, 2.75) is 0 Å². The lowest BCUT2D eigenvalue weighted by atomic mass is 9.80. The van der Waals surface area contributed by atoms with Gasteiger partial charge in [0.25, 0.3) is 0 Å². The highest BCUT2D eigenvalue weighted by Gasteiger charge is 2.42. The smallest absolute Gasteiger partial charge is 0.208 e. The summed E-state index contributed by atoms with van der Waals surface area (Å²) in [5.74, 6) is -50.1. The van der Waals surface area contributed by atoms with Crippen LogP contribution < -0.4 is 0 Å². The van der Waals surface area contributed by atoms with Crippen LogP contribution in [-0.4, -0.2) is 148 Å². The number of phenolic OH excluding ortho intramolecular Hbond substituents is 29. The first-order chi connectivity index (χ1) is 36.4. The monoisotopic (exact) mass is 1090 g/mol. The van der Waals surface area contributed by atoms with Gasteiger partial charge in [-0.15, -0.1) is 0 Å². The van der Waals surface area contributed by atoms with Crippen molar-refractivity contribution >= 4 is 54.3 Å². The maximum Gasteiger partial charge on any atom is 0.208 e. The second-order valence-corrected chi connectivity index (χ2v) is 17.1. The molecule has 9 aromatic carbocycles. The quantitative estimate of drug-likeness (QED) is 0.0613. The number of phenols is 29. The molecule has 0 aliphatic carbocycles. The lowest BCUT2D eigenvalue weighted by molar-refractivity contribution is 0.329. The van der Waals surface area contributed by atoms with Gasteiger partial charge in [-0.3, -0.25) is 0 Å². The Balaban J connectivity index is 1.52. The Bertz CT molecular complexity index is 4390. The van der Waals surface area contributed by atoms with Gasteiger partial charge in [-0.1, -0.05) is 0 Å². The van der Waals surface area contributed by atoms with E-state index in [1.807, 2.05) is 0 Å². The summed E-state index contributed by atoms with van der Waals surface area (Å²) in [6.07, 6.45) is 0. The van der Waals surface area contributed by atoms with Gasteiger partial charge in [-0.2, -0.15) is 0 Å². The van der Waals surface area contributed by atoms with Crippen LogP contribution in [0.15, 0.2) is 10.5 Å². The second-order valence-electron chi connectivity index (χ2n) is 17.1. The molecule has 0 bridgehead atoms. The van der Waals surface area contributed by atoms with Crippen LogP contribution in [0.5, 0.6) is 167 Å². The average molecular weight is 1090 g/mol. The molecule has 0 spiro atoms. The predicted octanol–water partition coefficient (Wildman–Crippen LogP) is 5.18. The van der Waals surface area contributed by atoms with Crippen LogP contribution in [0.4, 0.5) is 0 Å². The van der Waals surface area contributed by atoms with E-state index < -0.39 is 265 Å². The largest absolute Gasteiger partial charge is 0.506 e. The predicted molar refractivity (Wildman–Crippen MR) is 256 cm³/mol. The van der Waals surface area contributed by atoms with Gasteiger partial charge in [0.2, 0.25) is 69.0 Å². The highest BCUT2D eigenvalue weighted by Crippen LogP contribution is 2.71. The highest BCUT2D eigenvalue weighted by molar-refractivity contribution is 6.33. The van der Waals surface area contributed by atoms with Crippen molar-refractivity contribution in [1.82, 2.24) is 0 Å². The molecule has 0 fully saturated rings. The third-order valence-corrected chi connectivity index (χ3v) is 13.2. The molecule has 0 aliphatic heterocycles. The Hall–Kier alpha value is -12.2. The summed E-state index contributed by atoms with van der Waals surface area (Å²) in [5, 5.41) is 317. The van der Waals surface area contributed by atoms with E-state index >= 15 is 0 Å². The first kappa shape index (κ1) is 49.3. The summed E-state index contributed by atoms with van der Waals surface area (Å²) in [5.41, 5.74) is -15.2. The summed E-state index contributed by atoms with van der Waals surface area (Å²) >= 11 is 0. The maximum absolute atomic E-state index is 12.6. The Labute approximate surface area is 423 Å². The number of benzene rings is 9. The summed E-state index contributed by atoms with van der Waals surface area (Å²) in [7, 11) is 0. The van der Waals surface area contributed by atoms with E-state index in [1.54, 1.807) is 0 Å². The summed E-state index contributed by atoms with van der Waals surface area (Å²) in [4.78, 5) is 0. The molecule has 0 atom stereocenters. The van der Waals surface area contributed by atoms with Gasteiger partial charge in [0.15, 0.2) is 91.7 Å². The topological polar surface area (TPSA) is 600 Å². The average Bonchev–Trinajstić information content (AvgIpc) is 3.95. The fourth-order valence-electron chi connectivity index (χ4n) is 9.63. The van der Waals surface area contributed by atoms with Gasteiger partial charge in [-0.05, 0) is 6.07 Å². The standard InChI is InChI=1S/C48H30O30/c49-3-1-2-4(24(55)20(3)51)21(52)17-18-23(54)14(35(66)46(77)48(18)78-47(17)19(2)50)6-9-7(26(57)36(67)38(69)28(9)59)5(8-10(6)29(60)39(70)37(68)27(8)58)13-22(53)11(15-31(62)40(71)44(75)41(72)32(15)63)12(25(56)30(13)61)16-33(64)42(73)45(76)43(74)34(16)65/h1,49-77H. The van der Waals surface area contributed by atoms with Crippen LogP contribution in [0.1, 0.15) is 0 Å². The van der Waals surface area contributed by atoms with E-state index in [4.69, 9.17) is 4.42 Å². The Morgan fingerprint density at radius 3 is 0.821 bits per heavy atom. The third kappa shape index (κ3) is 5.60. The first-order valence-corrected chi connectivity index (χ1v) is 21.0. The molecule has 0 aliphatic rings. The minimum Gasteiger partial charge on any atom is -0.506 e. The Kier molecular flexibility index (Phi) is 9.74. The SMILES string of the molecule is Oc1cc2c(O)c3oc4c(O)c(O)c(-c5c6c(O)c(O)c(O)c(O)c6c(-c6c(O)c(O)c(-c7c(O)c(O)c(O)c(O)c7O)c(-c7c(O)c(O)c(O)c(O)c7O)c6O)c6c(O)c(O)c(O)c(O)c56)c(O)c4c3c(O)c2c(O)c1O. The first-order valence-electron chi connectivity index (χ1n) is 21.0. The van der Waals surface area contributed by atoms with E-state index in [0.29, 0.717) is 6.07 Å². The van der Waals surface area contributed by atoms with Gasteiger partial charge in [0, 0.05) is 49.2 Å². The molecule has 402 valence electrons. The van der Waals surface area contributed by atoms with E-state index in [2.05, 4.69) is 0 Å². The van der Waals surface area contributed by atoms with E-state index in [-0.39, 0.29) is 0 Å². The van der Waals surface area contributed by atoms with Crippen molar-refractivity contribution in [3.05, 3.63) is 6.07 Å². The maximum atomic E-state index is 12.6. The van der Waals surface area contributed by atoms with Crippen molar-refractivity contribution in [2.24, 2.45) is 0 Å². The molecule has 10 rings (SSSR count). The molecular formula is C48H30O30. The third-order valence-electron chi connectivity index (χ3n) is 13.2. The molecule has 30 heteroatoms. The number of hydrogen-bond acceptors (Lipinski definition) is 30. The zero-order valence-corrected chi connectivity index (χ0v) is 37.5. The van der Waals surface area contributed by atoms with Crippen LogP contribution in [-0.2, 0) is 0 Å². The molecule has 30 nitrogen and oxygen atoms in total. The van der Waals surface area contributed by atoms with Crippen LogP contribution in [0.2, 0.25) is 0 Å². The van der Waals surface area contributed by atoms with Crippen molar-refractivity contribution in [3.63, 3.8) is 0 Å². The molecule has 1 heterocycles. The zero-order valence-electron chi connectivity index (χ0n) is 37.5. The van der Waals surface area contributed by atoms with Crippen molar-refractivity contribution in [3.8, 4) is 211 Å². The van der Waals surface area contributed by atoms with Gasteiger partial charge in [0.1, 0.15) is 17.2 Å². The van der Waals surface area contributed by atoms with Crippen molar-refractivity contribution in [1.29, 1.82) is 0 Å². The van der Waals surface area contributed by atoms with Crippen molar-refractivity contribution < 1.29 is 153 Å². The molecule has 0 amide bonds. The molecule has 0 saturated heterocycles. The summed E-state index contributed by atoms with van der Waals surface area (Å²) in [6, 6.07) is 0.606. The van der Waals surface area contributed by atoms with Gasteiger partial charge < -0.3 is 153 Å². The van der Waals surface area contributed by atoms with Crippen molar-refractivity contribution in [2.75, 3.05) is 0 Å². The fraction of sp³-hybridized carbons (Fsp3) is 0. The minimum absolute atomic E-state index is 0.606. The van der Waals surface area contributed by atoms with Gasteiger partial charge >= 0.3 is 0 Å². The minimum atomic E-state index is -2.03. The van der Waals surface area contributed by atoms with Crippen LogP contribution >= 0.6 is 0 Å². The number of fused-ring (bicyclic) bond motifs is 6. The van der Waals surface area contributed by atoms with Gasteiger partial charge in [-0.25, -0.2) is 0 Å². The highest BCUT2D eigenvalue weighted by atomic mass is 16.4. The van der Waals surface area contributed by atoms with Crippen LogP contribution in [0.25, 0.3) is 98.8 Å². The Morgan fingerprint density at radius 2 is 0.423 bits per heavy atom. The lowest BCUT2D eigenvalue weighted by Crippen LogP contribution is -1.98. The number of hydrogen-bond donors (Lipinski definition) is 29. The van der Waals surface area contributed by atoms with Crippen LogP contribution in [0.3, 0.4) is 0 Å². The second kappa shape index (κ2) is 15.4. The van der Waals surface area contributed by atoms with Crippen LogP contribution in [0, 0.1) is 0 Å². The molecule has 0 unspecified atom stereocenters.